The molecule has 0 radical (unpaired) electrons. The Balaban J connectivity index is 1.57. The molecule has 30 heavy (non-hydrogen) atoms. The lowest BCUT2D eigenvalue weighted by Crippen LogP contribution is -2.40. The first-order chi connectivity index (χ1) is 14.5. The van der Waals surface area contributed by atoms with Gasteiger partial charge in [-0.25, -0.2) is 14.8 Å². The number of fused-ring (bicyclic) bond motifs is 1. The first-order valence-electron chi connectivity index (χ1n) is 9.87. The third kappa shape index (κ3) is 4.05. The molecule has 0 aliphatic carbocycles. The highest BCUT2D eigenvalue weighted by atomic mass is 16.5. The zero-order valence-corrected chi connectivity index (χ0v) is 17.4. The Labute approximate surface area is 176 Å². The van der Waals surface area contributed by atoms with Crippen molar-refractivity contribution in [3.63, 3.8) is 0 Å². The van der Waals surface area contributed by atoms with Crippen LogP contribution in [0.3, 0.4) is 0 Å². The number of aromatic nitrogens is 2. The van der Waals surface area contributed by atoms with Crippen molar-refractivity contribution in [2.24, 2.45) is 0 Å². The molecule has 7 nitrogen and oxygen atoms in total. The number of hydrogen-bond donors (Lipinski definition) is 1. The van der Waals surface area contributed by atoms with Gasteiger partial charge in [0.1, 0.15) is 11.6 Å². The molecule has 1 aromatic heterocycles. The molecular weight excluding hydrogens is 378 g/mol. The van der Waals surface area contributed by atoms with E-state index in [0.717, 1.165) is 34.1 Å². The van der Waals surface area contributed by atoms with Gasteiger partial charge in [0.2, 0.25) is 0 Å². The number of hydrogen-bond acceptors (Lipinski definition) is 5. The normalized spacial score (nSPS) is 12.8. The minimum absolute atomic E-state index is 0.136. The van der Waals surface area contributed by atoms with E-state index in [1.54, 1.807) is 12.0 Å². The number of amides is 2. The standard InChI is InChI=1S/C23H25N5O2/c1-27(2)22-19-15-28(23(29)24-17-9-11-18(30-3)12-10-17)14-13-20(19)25-21(26-22)16-7-5-4-6-8-16/h4-12H,13-15H2,1-3H3,(H,24,29). The maximum absolute atomic E-state index is 12.8. The second kappa shape index (κ2) is 8.41. The number of rotatable bonds is 4. The van der Waals surface area contributed by atoms with E-state index in [2.05, 4.69) is 5.32 Å². The number of carbonyl (C=O) groups excluding carboxylic acids is 1. The summed E-state index contributed by atoms with van der Waals surface area (Å²) < 4.78 is 5.17. The molecule has 0 spiro atoms. The Kier molecular flexibility index (Phi) is 5.52. The zero-order chi connectivity index (χ0) is 21.1. The van der Waals surface area contributed by atoms with Crippen LogP contribution in [0.15, 0.2) is 54.6 Å². The lowest BCUT2D eigenvalue weighted by atomic mass is 10.1. The SMILES string of the molecule is COc1ccc(NC(=O)N2CCc3nc(-c4ccccc4)nc(N(C)C)c3C2)cc1. The monoisotopic (exact) mass is 403 g/mol. The number of urea groups is 1. The van der Waals surface area contributed by atoms with Gasteiger partial charge in [-0.3, -0.25) is 0 Å². The van der Waals surface area contributed by atoms with Crippen molar-refractivity contribution in [3.05, 3.63) is 65.9 Å². The fourth-order valence-corrected chi connectivity index (χ4v) is 3.53. The van der Waals surface area contributed by atoms with Crippen LogP contribution in [0, 0.1) is 0 Å². The van der Waals surface area contributed by atoms with Crippen LogP contribution >= 0.6 is 0 Å². The quantitative estimate of drug-likeness (QED) is 0.717. The Hall–Kier alpha value is -3.61. The van der Waals surface area contributed by atoms with Gasteiger partial charge in [-0.05, 0) is 24.3 Å². The second-order valence-corrected chi connectivity index (χ2v) is 7.39. The van der Waals surface area contributed by atoms with E-state index in [0.29, 0.717) is 25.3 Å². The third-order valence-corrected chi connectivity index (χ3v) is 5.12. The smallest absolute Gasteiger partial charge is 0.322 e. The number of carbonyl (C=O) groups is 1. The molecule has 0 atom stereocenters. The summed E-state index contributed by atoms with van der Waals surface area (Å²) in [6, 6.07) is 17.1. The van der Waals surface area contributed by atoms with Crippen molar-refractivity contribution in [2.75, 3.05) is 38.0 Å². The summed E-state index contributed by atoms with van der Waals surface area (Å²) in [4.78, 5) is 26.2. The Morgan fingerprint density at radius 1 is 1.07 bits per heavy atom. The van der Waals surface area contributed by atoms with E-state index >= 15 is 0 Å². The van der Waals surface area contributed by atoms with Gasteiger partial charge in [-0.1, -0.05) is 30.3 Å². The summed E-state index contributed by atoms with van der Waals surface area (Å²) >= 11 is 0. The van der Waals surface area contributed by atoms with E-state index in [-0.39, 0.29) is 6.03 Å². The molecule has 3 aromatic rings. The molecule has 0 saturated carbocycles. The van der Waals surface area contributed by atoms with Crippen LogP contribution < -0.4 is 15.0 Å². The molecule has 0 fully saturated rings. The lowest BCUT2D eigenvalue weighted by Gasteiger charge is -2.31. The van der Waals surface area contributed by atoms with Gasteiger partial charge in [0, 0.05) is 43.9 Å². The second-order valence-electron chi connectivity index (χ2n) is 7.39. The summed E-state index contributed by atoms with van der Waals surface area (Å²) in [5, 5.41) is 2.96. The van der Waals surface area contributed by atoms with Crippen LogP contribution in [0.4, 0.5) is 16.3 Å². The molecule has 2 heterocycles. The lowest BCUT2D eigenvalue weighted by molar-refractivity contribution is 0.206. The van der Waals surface area contributed by atoms with Gasteiger partial charge in [0.25, 0.3) is 0 Å². The predicted molar refractivity (Wildman–Crippen MR) is 118 cm³/mol. The molecular formula is C23H25N5O2. The first-order valence-corrected chi connectivity index (χ1v) is 9.87. The van der Waals surface area contributed by atoms with E-state index in [1.165, 1.54) is 0 Å². The number of methoxy groups -OCH3 is 1. The van der Waals surface area contributed by atoms with Crippen molar-refractivity contribution in [2.45, 2.75) is 13.0 Å². The van der Waals surface area contributed by atoms with Crippen LogP contribution in [0.2, 0.25) is 0 Å². The van der Waals surface area contributed by atoms with E-state index in [4.69, 9.17) is 14.7 Å². The summed E-state index contributed by atoms with van der Waals surface area (Å²) in [5.74, 6) is 2.32. The maximum Gasteiger partial charge on any atom is 0.322 e. The topological polar surface area (TPSA) is 70.6 Å². The average Bonchev–Trinajstić information content (AvgIpc) is 2.79. The minimum Gasteiger partial charge on any atom is -0.497 e. The van der Waals surface area contributed by atoms with Crippen LogP contribution in [0.1, 0.15) is 11.3 Å². The van der Waals surface area contributed by atoms with Gasteiger partial charge >= 0.3 is 6.03 Å². The Bertz CT molecular complexity index is 1040. The highest BCUT2D eigenvalue weighted by Crippen LogP contribution is 2.29. The summed E-state index contributed by atoms with van der Waals surface area (Å²) in [5.41, 5.74) is 3.72. The summed E-state index contributed by atoms with van der Waals surface area (Å²) in [7, 11) is 5.55. The molecule has 154 valence electrons. The summed E-state index contributed by atoms with van der Waals surface area (Å²) in [6.45, 7) is 1.08. The predicted octanol–water partition coefficient (Wildman–Crippen LogP) is 3.81. The van der Waals surface area contributed by atoms with E-state index in [9.17, 15) is 4.79 Å². The fourth-order valence-electron chi connectivity index (χ4n) is 3.53. The van der Waals surface area contributed by atoms with Gasteiger partial charge < -0.3 is 19.9 Å². The molecule has 0 unspecified atom stereocenters. The van der Waals surface area contributed by atoms with Crippen molar-refractivity contribution in [3.8, 4) is 17.1 Å². The molecule has 1 N–H and O–H groups in total. The molecule has 7 heteroatoms. The summed E-state index contributed by atoms with van der Waals surface area (Å²) in [6.07, 6.45) is 0.689. The van der Waals surface area contributed by atoms with Gasteiger partial charge in [0.05, 0.1) is 19.3 Å². The maximum atomic E-state index is 12.8. The van der Waals surface area contributed by atoms with E-state index in [1.807, 2.05) is 73.6 Å². The van der Waals surface area contributed by atoms with Crippen molar-refractivity contribution >= 4 is 17.5 Å². The first kappa shape index (κ1) is 19.7. The van der Waals surface area contributed by atoms with Crippen molar-refractivity contribution in [1.82, 2.24) is 14.9 Å². The number of anilines is 2. The number of nitrogens with zero attached hydrogens (tertiary/aromatic N) is 4. The molecule has 0 bridgehead atoms. The molecule has 1 aliphatic heterocycles. The highest BCUT2D eigenvalue weighted by Gasteiger charge is 2.26. The number of benzene rings is 2. The zero-order valence-electron chi connectivity index (χ0n) is 17.4. The highest BCUT2D eigenvalue weighted by molar-refractivity contribution is 5.89. The minimum atomic E-state index is -0.136. The molecule has 2 amide bonds. The Morgan fingerprint density at radius 3 is 2.47 bits per heavy atom. The van der Waals surface area contributed by atoms with Gasteiger partial charge in [-0.2, -0.15) is 0 Å². The van der Waals surface area contributed by atoms with Crippen LogP contribution in [-0.4, -0.2) is 48.6 Å². The van der Waals surface area contributed by atoms with Gasteiger partial charge in [0.15, 0.2) is 5.82 Å². The van der Waals surface area contributed by atoms with Crippen molar-refractivity contribution < 1.29 is 9.53 Å². The molecule has 0 saturated heterocycles. The van der Waals surface area contributed by atoms with Gasteiger partial charge in [-0.15, -0.1) is 0 Å². The average molecular weight is 403 g/mol. The molecule has 4 rings (SSSR count). The number of nitrogens with one attached hydrogen (secondary N) is 1. The van der Waals surface area contributed by atoms with Crippen LogP contribution in [-0.2, 0) is 13.0 Å². The van der Waals surface area contributed by atoms with Crippen LogP contribution in [0.25, 0.3) is 11.4 Å². The molecule has 2 aromatic carbocycles. The van der Waals surface area contributed by atoms with Crippen LogP contribution in [0.5, 0.6) is 5.75 Å². The third-order valence-electron chi connectivity index (χ3n) is 5.12. The largest absolute Gasteiger partial charge is 0.497 e. The van der Waals surface area contributed by atoms with Crippen molar-refractivity contribution in [1.29, 1.82) is 0 Å². The Morgan fingerprint density at radius 2 is 1.80 bits per heavy atom. The van der Waals surface area contributed by atoms with E-state index < -0.39 is 0 Å². The molecule has 1 aliphatic rings. The fraction of sp³-hybridized carbons (Fsp3) is 0.261. The number of ether oxygens (including phenoxy) is 1.